The molecule has 1 aromatic rings. The first kappa shape index (κ1) is 21.3. The number of nitrogens with two attached hydrogens (primary N) is 1. The quantitative estimate of drug-likeness (QED) is 0.116. The second-order valence-electron chi connectivity index (χ2n) is 6.36. The summed E-state index contributed by atoms with van der Waals surface area (Å²) in [5, 5.41) is 38.1. The number of Topliss-reactive ketones (excluding diaryl/α,β-unsaturated/α-hetero) is 1. The zero-order valence-corrected chi connectivity index (χ0v) is 15.1. The Hall–Kier alpha value is -1.01. The number of ketones is 1. The van der Waals surface area contributed by atoms with Gasteiger partial charge in [0.15, 0.2) is 11.4 Å². The highest BCUT2D eigenvalue weighted by Crippen LogP contribution is 2.54. The molecule has 0 spiro atoms. The van der Waals surface area contributed by atoms with Gasteiger partial charge in [-0.25, -0.2) is 9.87 Å². The molecule has 0 aliphatic heterocycles. The molecule has 148 valence electrons. The second-order valence-corrected chi connectivity index (χ2v) is 7.79. The molecule has 0 radical (unpaired) electrons. The summed E-state index contributed by atoms with van der Waals surface area (Å²) in [5.74, 6) is -3.58. The van der Waals surface area contributed by atoms with Crippen LogP contribution in [0.2, 0.25) is 0 Å². The highest BCUT2D eigenvalue weighted by atomic mass is 31.2. The van der Waals surface area contributed by atoms with Gasteiger partial charge in [0.25, 0.3) is 0 Å². The van der Waals surface area contributed by atoms with E-state index in [0.717, 1.165) is 6.92 Å². The average Bonchev–Trinajstić information content (AvgIpc) is 3.05. The predicted molar refractivity (Wildman–Crippen MR) is 88.0 cm³/mol. The van der Waals surface area contributed by atoms with Gasteiger partial charge >= 0.3 is 0 Å². The maximum Gasteiger partial charge on any atom is 0.247 e. The summed E-state index contributed by atoms with van der Waals surface area (Å²) in [7, 11) is -3.09. The molecule has 3 atom stereocenters. The summed E-state index contributed by atoms with van der Waals surface area (Å²) in [5.41, 5.74) is 4.02. The third-order valence-corrected chi connectivity index (χ3v) is 5.89. The van der Waals surface area contributed by atoms with Crippen molar-refractivity contribution in [1.29, 1.82) is 0 Å². The van der Waals surface area contributed by atoms with E-state index in [1.54, 1.807) is 0 Å². The molecular formula is C14H24N3O8P. The number of aliphatic hydroxyl groups is 4. The highest BCUT2D eigenvalue weighted by molar-refractivity contribution is 7.47. The lowest BCUT2D eigenvalue weighted by Crippen LogP contribution is -2.61. The van der Waals surface area contributed by atoms with Crippen LogP contribution in [0, 0.1) is 0 Å². The first-order chi connectivity index (χ1) is 12.1. The van der Waals surface area contributed by atoms with Gasteiger partial charge in [0.2, 0.25) is 19.5 Å². The van der Waals surface area contributed by atoms with Crippen molar-refractivity contribution in [1.82, 2.24) is 9.55 Å². The van der Waals surface area contributed by atoms with Gasteiger partial charge in [0.05, 0.1) is 19.4 Å². The van der Waals surface area contributed by atoms with Crippen LogP contribution in [0.4, 0.5) is 0 Å². The Morgan fingerprint density at radius 2 is 2.12 bits per heavy atom. The van der Waals surface area contributed by atoms with Gasteiger partial charge < -0.3 is 35.6 Å². The summed E-state index contributed by atoms with van der Waals surface area (Å²) < 4.78 is 6.10. The molecule has 0 aromatic carbocycles. The van der Waals surface area contributed by atoms with E-state index in [-0.39, 0.29) is 6.54 Å². The minimum atomic E-state index is -3.15. The van der Waals surface area contributed by atoms with Crippen LogP contribution in [0.25, 0.3) is 0 Å². The van der Waals surface area contributed by atoms with Gasteiger partial charge in [-0.05, 0) is 26.2 Å². The Morgan fingerprint density at radius 1 is 1.46 bits per heavy atom. The first-order valence-corrected chi connectivity index (χ1v) is 9.19. The summed E-state index contributed by atoms with van der Waals surface area (Å²) in [6.45, 7) is 0.159. The minimum absolute atomic E-state index is 0.288. The molecule has 0 bridgehead atoms. The summed E-state index contributed by atoms with van der Waals surface area (Å²) in [4.78, 5) is 31.1. The van der Waals surface area contributed by atoms with Crippen LogP contribution >= 0.6 is 8.38 Å². The molecule has 1 saturated carbocycles. The van der Waals surface area contributed by atoms with Crippen molar-refractivity contribution in [3.63, 3.8) is 0 Å². The molecule has 7 N–H and O–H groups in total. The van der Waals surface area contributed by atoms with Crippen molar-refractivity contribution in [2.45, 2.75) is 55.6 Å². The summed E-state index contributed by atoms with van der Waals surface area (Å²) >= 11 is 0. The van der Waals surface area contributed by atoms with E-state index in [9.17, 15) is 30.1 Å². The molecule has 1 aliphatic carbocycles. The SMILES string of the molecule is C[C@H](O)C(O)(O)C(O)(Cn1ccnc1)[P@@](O)OOC1(C(=O)CN)CCC1. The zero-order valence-electron chi connectivity index (χ0n) is 14.2. The van der Waals surface area contributed by atoms with Crippen LogP contribution in [-0.2, 0) is 20.9 Å². The number of nitrogens with zero attached hydrogens (tertiary/aromatic N) is 2. The normalized spacial score (nSPS) is 21.5. The minimum Gasteiger partial charge on any atom is -0.388 e. The first-order valence-electron chi connectivity index (χ1n) is 7.98. The Bertz CT molecular complexity index is 607. The zero-order chi connectivity index (χ0) is 19.6. The van der Waals surface area contributed by atoms with E-state index < -0.39 is 43.5 Å². The summed E-state index contributed by atoms with van der Waals surface area (Å²) in [6.07, 6.45) is 3.53. The standard InChI is InChI=1S/C14H24N3O8P/c1-10(18)14(21,22)13(20,8-17-6-5-16-9-17)26(23)25-24-12(3-2-4-12)11(19)7-15/h5-6,9-10,18,20-23H,2-4,7-8,15H2,1H3/t10-,13?,26-/m0/s1. The van der Waals surface area contributed by atoms with Crippen molar-refractivity contribution < 1.29 is 39.7 Å². The molecule has 12 heteroatoms. The fourth-order valence-corrected chi connectivity index (χ4v) is 3.64. The fraction of sp³-hybridized carbons (Fsp3) is 0.714. The predicted octanol–water partition coefficient (Wildman–Crippen LogP) is -1.66. The maximum atomic E-state index is 11.9. The fourth-order valence-electron chi connectivity index (χ4n) is 2.55. The molecular weight excluding hydrogens is 369 g/mol. The van der Waals surface area contributed by atoms with E-state index in [2.05, 4.69) is 4.98 Å². The maximum absolute atomic E-state index is 11.9. The lowest BCUT2D eigenvalue weighted by atomic mass is 9.77. The monoisotopic (exact) mass is 393 g/mol. The smallest absolute Gasteiger partial charge is 0.247 e. The molecule has 1 fully saturated rings. The molecule has 1 aliphatic rings. The highest BCUT2D eigenvalue weighted by Gasteiger charge is 2.60. The van der Waals surface area contributed by atoms with Crippen LogP contribution in [0.1, 0.15) is 26.2 Å². The van der Waals surface area contributed by atoms with E-state index in [0.29, 0.717) is 19.3 Å². The van der Waals surface area contributed by atoms with Gasteiger partial charge in [-0.1, -0.05) is 0 Å². The Kier molecular flexibility index (Phi) is 6.49. The topological polar surface area (TPSA) is 181 Å². The van der Waals surface area contributed by atoms with Crippen LogP contribution in [0.3, 0.4) is 0 Å². The van der Waals surface area contributed by atoms with Gasteiger partial charge in [0, 0.05) is 12.4 Å². The van der Waals surface area contributed by atoms with Gasteiger partial charge in [0.1, 0.15) is 6.10 Å². The third-order valence-electron chi connectivity index (χ3n) is 4.57. The van der Waals surface area contributed by atoms with Gasteiger partial charge in [-0.3, -0.25) is 4.79 Å². The molecule has 1 aromatic heterocycles. The second kappa shape index (κ2) is 7.93. The third kappa shape index (κ3) is 3.81. The number of hydrogen-bond acceptors (Lipinski definition) is 10. The summed E-state index contributed by atoms with van der Waals surface area (Å²) in [6, 6.07) is 0. The molecule has 0 amide bonds. The van der Waals surface area contributed by atoms with Crippen LogP contribution < -0.4 is 5.73 Å². The molecule has 2 rings (SSSR count). The van der Waals surface area contributed by atoms with E-state index in [4.69, 9.17) is 15.3 Å². The lowest BCUT2D eigenvalue weighted by molar-refractivity contribution is -0.322. The van der Waals surface area contributed by atoms with E-state index >= 15 is 0 Å². The van der Waals surface area contributed by atoms with Crippen molar-refractivity contribution in [2.75, 3.05) is 6.54 Å². The van der Waals surface area contributed by atoms with Gasteiger partial charge in [-0.2, -0.15) is 4.67 Å². The number of rotatable bonds is 10. The van der Waals surface area contributed by atoms with Crippen LogP contribution in [-0.4, -0.2) is 70.0 Å². The largest absolute Gasteiger partial charge is 0.388 e. The number of imidazole rings is 1. The number of aromatic nitrogens is 2. The number of carbonyl (C=O) groups is 1. The van der Waals surface area contributed by atoms with Gasteiger partial charge in [-0.15, -0.1) is 0 Å². The molecule has 11 nitrogen and oxygen atoms in total. The number of hydrogen-bond donors (Lipinski definition) is 6. The lowest BCUT2D eigenvalue weighted by Gasteiger charge is -2.44. The Balaban J connectivity index is 2.20. The molecule has 1 heterocycles. The van der Waals surface area contributed by atoms with Crippen molar-refractivity contribution in [2.24, 2.45) is 5.73 Å². The van der Waals surface area contributed by atoms with Crippen LogP contribution in [0.5, 0.6) is 0 Å². The molecule has 0 saturated heterocycles. The average molecular weight is 393 g/mol. The Morgan fingerprint density at radius 3 is 2.54 bits per heavy atom. The van der Waals surface area contributed by atoms with Crippen molar-refractivity contribution in [3.8, 4) is 0 Å². The van der Waals surface area contributed by atoms with Crippen LogP contribution in [0.15, 0.2) is 18.7 Å². The molecule has 26 heavy (non-hydrogen) atoms. The van der Waals surface area contributed by atoms with E-state index in [1.165, 1.54) is 23.3 Å². The number of carbonyl (C=O) groups excluding carboxylic acids is 1. The van der Waals surface area contributed by atoms with Crippen molar-refractivity contribution >= 4 is 14.2 Å². The van der Waals surface area contributed by atoms with Crippen molar-refractivity contribution in [3.05, 3.63) is 18.7 Å². The Labute approximate surface area is 150 Å². The van der Waals surface area contributed by atoms with E-state index in [1.807, 2.05) is 0 Å². The number of aliphatic hydroxyl groups excluding tert-OH is 1. The molecule has 1 unspecified atom stereocenters.